The van der Waals surface area contributed by atoms with Gasteiger partial charge in [0, 0.05) is 55.0 Å². The molecule has 0 bridgehead atoms. The number of ether oxygens (including phenoxy) is 12. The molecule has 2 fully saturated rings. The summed E-state index contributed by atoms with van der Waals surface area (Å²) in [5.74, 6) is -7.00. The molecular formula is C45H64N2O21. The first kappa shape index (κ1) is 56.4. The molecule has 2 heterocycles. The minimum Gasteiger partial charge on any atom is -0.463 e. The molecule has 68 heavy (non-hydrogen) atoms. The van der Waals surface area contributed by atoms with Crippen molar-refractivity contribution < 1.29 is 100.0 Å². The minimum absolute atomic E-state index is 0.136. The second-order valence-electron chi connectivity index (χ2n) is 15.8. The van der Waals surface area contributed by atoms with Gasteiger partial charge in [0.2, 0.25) is 5.91 Å². The molecule has 4 unspecified atom stereocenters. The van der Waals surface area contributed by atoms with Crippen LogP contribution < -0.4 is 10.6 Å². The highest BCUT2D eigenvalue weighted by atomic mass is 16.8. The number of esters is 7. The smallest absolute Gasteiger partial charge is 0.408 e. The molecule has 0 aromatic heterocycles. The molecule has 2 aliphatic rings. The van der Waals surface area contributed by atoms with Crippen LogP contribution in [0, 0.1) is 0 Å². The topological polar surface area (TPSA) is 288 Å². The molecule has 2 aliphatic heterocycles. The van der Waals surface area contributed by atoms with Gasteiger partial charge in [-0.05, 0) is 12.0 Å². The third kappa shape index (κ3) is 19.7. The zero-order valence-electron chi connectivity index (χ0n) is 39.6. The number of carbonyl (C=O) groups excluding carboxylic acids is 9. The van der Waals surface area contributed by atoms with E-state index < -0.39 is 141 Å². The molecule has 2 saturated heterocycles. The van der Waals surface area contributed by atoms with Crippen LogP contribution in [-0.4, -0.2) is 148 Å². The molecule has 1 aromatic carbocycles. The van der Waals surface area contributed by atoms with E-state index in [9.17, 15) is 43.2 Å². The first-order valence-electron chi connectivity index (χ1n) is 22.2. The van der Waals surface area contributed by atoms with E-state index in [2.05, 4.69) is 17.6 Å². The number of rotatable bonds is 25. The number of carbonyl (C=O) groups is 9. The van der Waals surface area contributed by atoms with Crippen molar-refractivity contribution in [1.82, 2.24) is 10.6 Å². The Morgan fingerprint density at radius 3 is 1.56 bits per heavy atom. The Balaban J connectivity index is 2.06. The molecule has 0 saturated carbocycles. The predicted molar refractivity (Wildman–Crippen MR) is 229 cm³/mol. The second-order valence-corrected chi connectivity index (χ2v) is 15.8. The fourth-order valence-corrected chi connectivity index (χ4v) is 7.13. The van der Waals surface area contributed by atoms with Crippen molar-refractivity contribution in [2.45, 2.75) is 168 Å². The van der Waals surface area contributed by atoms with Gasteiger partial charge in [0.15, 0.2) is 43.1 Å². The number of hydrogen-bond donors (Lipinski definition) is 2. The molecule has 0 spiro atoms. The number of hydrogen-bond acceptors (Lipinski definition) is 21. The Hall–Kier alpha value is -5.91. The summed E-state index contributed by atoms with van der Waals surface area (Å²) in [6.07, 6.45) is -12.4. The van der Waals surface area contributed by atoms with Gasteiger partial charge >= 0.3 is 47.9 Å². The Labute approximate surface area is 394 Å². The van der Waals surface area contributed by atoms with Crippen LogP contribution in [0.5, 0.6) is 0 Å². The van der Waals surface area contributed by atoms with E-state index in [1.54, 1.807) is 30.3 Å². The van der Waals surface area contributed by atoms with E-state index in [0.29, 0.717) is 12.0 Å². The summed E-state index contributed by atoms with van der Waals surface area (Å²) in [5, 5.41) is 5.27. The van der Waals surface area contributed by atoms with Crippen LogP contribution >= 0.6 is 0 Å². The predicted octanol–water partition coefficient (Wildman–Crippen LogP) is 2.39. The third-order valence-corrected chi connectivity index (χ3v) is 9.96. The van der Waals surface area contributed by atoms with Crippen molar-refractivity contribution in [3.8, 4) is 0 Å². The summed E-state index contributed by atoms with van der Waals surface area (Å²) in [6.45, 7) is 7.49. The highest BCUT2D eigenvalue weighted by molar-refractivity contribution is 5.85. The van der Waals surface area contributed by atoms with Gasteiger partial charge in [-0.15, -0.1) is 0 Å². The summed E-state index contributed by atoms with van der Waals surface area (Å²) in [5.41, 5.74) is 0.666. The standard InChI is InChI=1S/C45H64N2O21/c1-9-10-11-12-13-17-20-46-42(55)33(47-45(56)60-21-32-18-15-14-16-19-32)22-59-43-40(64-30(7)53)39(63-29(6)52)37(35(66-43)24-58-26(3)49)68-44-41(65-31(8)54)38(62-28(5)51)36(61-27(4)50)34(67-44)23-57-25(2)48/h14-16,18-19,33-41,43-44H,9-13,17,20-24H2,1-8H3,(H,46,55)(H,47,56)/t33-,34?,35+,36-,37+,38-,39?,40?,41?,43-,44-/m0/s1. The van der Waals surface area contributed by atoms with E-state index in [-0.39, 0.29) is 13.2 Å². The van der Waals surface area contributed by atoms with Crippen LogP contribution in [0.4, 0.5) is 4.79 Å². The fourth-order valence-electron chi connectivity index (χ4n) is 7.13. The van der Waals surface area contributed by atoms with E-state index in [4.69, 9.17) is 56.8 Å². The first-order chi connectivity index (χ1) is 32.3. The molecule has 0 aliphatic carbocycles. The Bertz CT molecular complexity index is 1850. The van der Waals surface area contributed by atoms with E-state index in [1.807, 2.05) is 0 Å². The summed E-state index contributed by atoms with van der Waals surface area (Å²) >= 11 is 0. The minimum atomic E-state index is -1.90. The lowest BCUT2D eigenvalue weighted by molar-refractivity contribution is -0.361. The lowest BCUT2D eigenvalue weighted by Gasteiger charge is -2.48. The molecule has 1 aromatic rings. The average molecular weight is 969 g/mol. The maximum Gasteiger partial charge on any atom is 0.408 e. The van der Waals surface area contributed by atoms with E-state index in [1.165, 1.54) is 0 Å². The number of alkyl carbamates (subject to hydrolysis) is 1. The molecule has 2 N–H and O–H groups in total. The van der Waals surface area contributed by atoms with Gasteiger partial charge in [-0.3, -0.25) is 38.4 Å². The summed E-state index contributed by atoms with van der Waals surface area (Å²) in [7, 11) is 0. The van der Waals surface area contributed by atoms with Crippen molar-refractivity contribution in [2.24, 2.45) is 0 Å². The average Bonchev–Trinajstić information content (AvgIpc) is 3.25. The van der Waals surface area contributed by atoms with Gasteiger partial charge in [-0.1, -0.05) is 69.4 Å². The highest BCUT2D eigenvalue weighted by Gasteiger charge is 2.58. The number of amides is 2. The van der Waals surface area contributed by atoms with Crippen molar-refractivity contribution in [3.63, 3.8) is 0 Å². The van der Waals surface area contributed by atoms with E-state index in [0.717, 1.165) is 80.6 Å². The van der Waals surface area contributed by atoms with Crippen LogP contribution in [0.1, 0.15) is 99.5 Å². The molecule has 3 rings (SSSR count). The van der Waals surface area contributed by atoms with Crippen LogP contribution in [0.25, 0.3) is 0 Å². The van der Waals surface area contributed by atoms with Crippen LogP contribution in [0.3, 0.4) is 0 Å². The lowest BCUT2D eigenvalue weighted by atomic mass is 9.96. The molecule has 11 atom stereocenters. The van der Waals surface area contributed by atoms with Crippen molar-refractivity contribution in [1.29, 1.82) is 0 Å². The molecule has 23 nitrogen and oxygen atoms in total. The Morgan fingerprint density at radius 2 is 1.01 bits per heavy atom. The van der Waals surface area contributed by atoms with Gasteiger partial charge in [-0.25, -0.2) is 4.79 Å². The fraction of sp³-hybridized carbons (Fsp3) is 0.667. The second kappa shape index (κ2) is 29.1. The molecule has 2 amide bonds. The molecule has 380 valence electrons. The molecular weight excluding hydrogens is 904 g/mol. The number of unbranched alkanes of at least 4 members (excludes halogenated alkanes) is 5. The quantitative estimate of drug-likeness (QED) is 0.0808. The van der Waals surface area contributed by atoms with Crippen molar-refractivity contribution in [3.05, 3.63) is 35.9 Å². The van der Waals surface area contributed by atoms with Crippen LogP contribution in [0.15, 0.2) is 30.3 Å². The lowest BCUT2D eigenvalue weighted by Crippen LogP contribution is -2.67. The highest BCUT2D eigenvalue weighted by Crippen LogP contribution is 2.35. The van der Waals surface area contributed by atoms with Gasteiger partial charge in [0.1, 0.15) is 44.2 Å². The SMILES string of the molecule is CCCCCCCCNC(=O)[C@H](CO[C@H]1O[C@H](COC(C)=O)[C@@H](O[C@@H]2OC(COC(C)=O)[C@H](OC(C)=O)[C@H](OC(C)=O)C2OC(C)=O)C(OC(C)=O)C1OC(C)=O)NC(=O)OCc1ccccc1. The van der Waals surface area contributed by atoms with Crippen LogP contribution in [-0.2, 0) is 102 Å². The summed E-state index contributed by atoms with van der Waals surface area (Å²) in [6, 6.07) is 7.30. The monoisotopic (exact) mass is 968 g/mol. The summed E-state index contributed by atoms with van der Waals surface area (Å²) < 4.78 is 68.5. The number of nitrogens with one attached hydrogen (secondary N) is 2. The first-order valence-corrected chi connectivity index (χ1v) is 22.2. The van der Waals surface area contributed by atoms with Crippen LogP contribution in [0.2, 0.25) is 0 Å². The Kier molecular flexibility index (Phi) is 24.1. The maximum absolute atomic E-state index is 13.7. The zero-order valence-corrected chi connectivity index (χ0v) is 39.6. The van der Waals surface area contributed by atoms with Crippen molar-refractivity contribution >= 4 is 53.8 Å². The third-order valence-electron chi connectivity index (χ3n) is 9.96. The van der Waals surface area contributed by atoms with Gasteiger partial charge < -0.3 is 67.5 Å². The molecule has 23 heteroatoms. The summed E-state index contributed by atoms with van der Waals surface area (Å²) in [4.78, 5) is 114. The van der Waals surface area contributed by atoms with Gasteiger partial charge in [0.05, 0.1) is 6.61 Å². The Morgan fingerprint density at radius 1 is 0.544 bits per heavy atom. The molecule has 0 radical (unpaired) electrons. The normalized spacial score (nSPS) is 24.7. The maximum atomic E-state index is 13.7. The van der Waals surface area contributed by atoms with Gasteiger partial charge in [-0.2, -0.15) is 0 Å². The van der Waals surface area contributed by atoms with E-state index >= 15 is 0 Å². The van der Waals surface area contributed by atoms with Crippen molar-refractivity contribution in [2.75, 3.05) is 26.4 Å². The zero-order chi connectivity index (χ0) is 50.3. The number of benzene rings is 1. The van der Waals surface area contributed by atoms with Gasteiger partial charge in [0.25, 0.3) is 0 Å². The largest absolute Gasteiger partial charge is 0.463 e.